The summed E-state index contributed by atoms with van der Waals surface area (Å²) in [6.45, 7) is 4.92. The third-order valence-corrected chi connectivity index (χ3v) is 4.48. The predicted octanol–water partition coefficient (Wildman–Crippen LogP) is 2.10. The molecule has 2 aromatic rings. The molecule has 0 saturated carbocycles. The molecule has 2 heterocycles. The van der Waals surface area contributed by atoms with Gasteiger partial charge in [-0.15, -0.1) is 0 Å². The summed E-state index contributed by atoms with van der Waals surface area (Å²) >= 11 is 0. The van der Waals surface area contributed by atoms with E-state index < -0.39 is 0 Å². The van der Waals surface area contributed by atoms with Crippen LogP contribution in [0.3, 0.4) is 0 Å². The number of likely N-dealkylation sites (tertiary alicyclic amines) is 1. The zero-order valence-electron chi connectivity index (χ0n) is 14.5. The van der Waals surface area contributed by atoms with E-state index in [0.29, 0.717) is 24.5 Å². The fourth-order valence-corrected chi connectivity index (χ4v) is 3.19. The van der Waals surface area contributed by atoms with Gasteiger partial charge in [0, 0.05) is 35.6 Å². The summed E-state index contributed by atoms with van der Waals surface area (Å²) in [6, 6.07) is 9.21. The van der Waals surface area contributed by atoms with Crippen molar-refractivity contribution >= 4 is 11.8 Å². The minimum absolute atomic E-state index is 0.0705. The standard InChI is InChI=1S/C19H22N4O2/c1-12-10-13(2)22-18(21-12)14-5-7-15(8-6-14)19(25)23-9-3-4-16(11-23)17(20)24/h5-8,10,16H,3-4,9,11H2,1-2H3,(H2,20,24)/t16-/m1/s1. The van der Waals surface area contributed by atoms with Crippen molar-refractivity contribution in [2.24, 2.45) is 11.7 Å². The van der Waals surface area contributed by atoms with Gasteiger partial charge in [-0.05, 0) is 44.9 Å². The Morgan fingerprint density at radius 2 is 1.76 bits per heavy atom. The second-order valence-corrected chi connectivity index (χ2v) is 6.54. The topological polar surface area (TPSA) is 89.2 Å². The van der Waals surface area contributed by atoms with Crippen molar-refractivity contribution in [3.05, 3.63) is 47.3 Å². The third-order valence-electron chi connectivity index (χ3n) is 4.48. The number of benzene rings is 1. The molecule has 0 unspecified atom stereocenters. The van der Waals surface area contributed by atoms with Crippen molar-refractivity contribution in [3.8, 4) is 11.4 Å². The highest BCUT2D eigenvalue weighted by Gasteiger charge is 2.27. The smallest absolute Gasteiger partial charge is 0.253 e. The fraction of sp³-hybridized carbons (Fsp3) is 0.368. The molecule has 2 N–H and O–H groups in total. The summed E-state index contributed by atoms with van der Waals surface area (Å²) in [5.74, 6) is 0.00237. The molecule has 6 heteroatoms. The van der Waals surface area contributed by atoms with Crippen molar-refractivity contribution < 1.29 is 9.59 Å². The van der Waals surface area contributed by atoms with E-state index in [1.165, 1.54) is 0 Å². The highest BCUT2D eigenvalue weighted by molar-refractivity contribution is 5.95. The van der Waals surface area contributed by atoms with Crippen LogP contribution < -0.4 is 5.73 Å². The van der Waals surface area contributed by atoms with Crippen LogP contribution >= 0.6 is 0 Å². The van der Waals surface area contributed by atoms with Crippen LogP contribution in [-0.2, 0) is 4.79 Å². The van der Waals surface area contributed by atoms with E-state index in [0.717, 1.165) is 29.8 Å². The van der Waals surface area contributed by atoms with Gasteiger partial charge in [-0.25, -0.2) is 9.97 Å². The van der Waals surface area contributed by atoms with Gasteiger partial charge in [0.1, 0.15) is 0 Å². The molecule has 1 aliphatic heterocycles. The number of primary amides is 1. The van der Waals surface area contributed by atoms with Crippen molar-refractivity contribution in [3.63, 3.8) is 0 Å². The number of aryl methyl sites for hydroxylation is 2. The van der Waals surface area contributed by atoms with E-state index >= 15 is 0 Å². The van der Waals surface area contributed by atoms with Crippen LogP contribution in [0.5, 0.6) is 0 Å². The van der Waals surface area contributed by atoms with Crippen LogP contribution in [0.4, 0.5) is 0 Å². The molecule has 25 heavy (non-hydrogen) atoms. The SMILES string of the molecule is Cc1cc(C)nc(-c2ccc(C(=O)N3CCC[C@@H](C(N)=O)C3)cc2)n1. The summed E-state index contributed by atoms with van der Waals surface area (Å²) in [6.07, 6.45) is 1.55. The first-order chi connectivity index (χ1) is 11.9. The van der Waals surface area contributed by atoms with Crippen molar-refractivity contribution in [1.82, 2.24) is 14.9 Å². The number of amides is 2. The van der Waals surface area contributed by atoms with Gasteiger partial charge < -0.3 is 10.6 Å². The highest BCUT2D eigenvalue weighted by atomic mass is 16.2. The van der Waals surface area contributed by atoms with Gasteiger partial charge in [0.25, 0.3) is 5.91 Å². The molecular formula is C19H22N4O2. The largest absolute Gasteiger partial charge is 0.369 e. The Balaban J connectivity index is 1.77. The number of piperidine rings is 1. The van der Waals surface area contributed by atoms with E-state index in [-0.39, 0.29) is 17.7 Å². The van der Waals surface area contributed by atoms with Gasteiger partial charge in [-0.3, -0.25) is 9.59 Å². The van der Waals surface area contributed by atoms with Crippen molar-refractivity contribution in [2.45, 2.75) is 26.7 Å². The molecule has 1 aromatic carbocycles. The lowest BCUT2D eigenvalue weighted by Crippen LogP contribution is -2.44. The number of aromatic nitrogens is 2. The minimum atomic E-state index is -0.334. The Kier molecular flexibility index (Phi) is 4.79. The fourth-order valence-electron chi connectivity index (χ4n) is 3.19. The molecule has 6 nitrogen and oxygen atoms in total. The number of carbonyl (C=O) groups is 2. The maximum atomic E-state index is 12.7. The normalized spacial score (nSPS) is 17.4. The van der Waals surface area contributed by atoms with Crippen molar-refractivity contribution in [1.29, 1.82) is 0 Å². The summed E-state index contributed by atoms with van der Waals surface area (Å²) < 4.78 is 0. The first-order valence-corrected chi connectivity index (χ1v) is 8.45. The van der Waals surface area contributed by atoms with Crippen LogP contribution in [-0.4, -0.2) is 39.8 Å². The number of hydrogen-bond acceptors (Lipinski definition) is 4. The zero-order chi connectivity index (χ0) is 18.0. The Morgan fingerprint density at radius 1 is 1.12 bits per heavy atom. The number of hydrogen-bond donors (Lipinski definition) is 1. The summed E-state index contributed by atoms with van der Waals surface area (Å²) in [7, 11) is 0. The van der Waals surface area contributed by atoms with E-state index in [2.05, 4.69) is 9.97 Å². The Labute approximate surface area is 147 Å². The van der Waals surface area contributed by atoms with Gasteiger partial charge in [-0.1, -0.05) is 12.1 Å². The van der Waals surface area contributed by atoms with Gasteiger partial charge in [0.15, 0.2) is 5.82 Å². The average Bonchev–Trinajstić information content (AvgIpc) is 2.60. The first-order valence-electron chi connectivity index (χ1n) is 8.45. The molecule has 1 atom stereocenters. The average molecular weight is 338 g/mol. The molecule has 1 aromatic heterocycles. The second-order valence-electron chi connectivity index (χ2n) is 6.54. The van der Waals surface area contributed by atoms with E-state index in [1.807, 2.05) is 32.0 Å². The lowest BCUT2D eigenvalue weighted by Gasteiger charge is -2.31. The first kappa shape index (κ1) is 17.1. The van der Waals surface area contributed by atoms with E-state index in [1.54, 1.807) is 17.0 Å². The van der Waals surface area contributed by atoms with Crippen molar-refractivity contribution in [2.75, 3.05) is 13.1 Å². The molecule has 0 spiro atoms. The number of nitrogens with zero attached hydrogens (tertiary/aromatic N) is 3. The molecule has 0 bridgehead atoms. The van der Waals surface area contributed by atoms with Crippen LogP contribution in [0, 0.1) is 19.8 Å². The number of rotatable bonds is 3. The molecule has 0 aliphatic carbocycles. The Hall–Kier alpha value is -2.76. The molecule has 3 rings (SSSR count). The molecule has 1 saturated heterocycles. The van der Waals surface area contributed by atoms with Gasteiger partial charge in [0.05, 0.1) is 5.92 Å². The van der Waals surface area contributed by atoms with E-state index in [9.17, 15) is 9.59 Å². The van der Waals surface area contributed by atoms with Gasteiger partial charge >= 0.3 is 0 Å². The molecular weight excluding hydrogens is 316 g/mol. The molecule has 130 valence electrons. The van der Waals surface area contributed by atoms with Gasteiger partial charge in [0.2, 0.25) is 5.91 Å². The van der Waals surface area contributed by atoms with Crippen LogP contribution in [0.25, 0.3) is 11.4 Å². The molecule has 2 amide bonds. The Bertz CT molecular complexity index is 781. The maximum absolute atomic E-state index is 12.7. The summed E-state index contributed by atoms with van der Waals surface area (Å²) in [5, 5.41) is 0. The lowest BCUT2D eigenvalue weighted by molar-refractivity contribution is -0.123. The van der Waals surface area contributed by atoms with Crippen LogP contribution in [0.2, 0.25) is 0 Å². The minimum Gasteiger partial charge on any atom is -0.369 e. The quantitative estimate of drug-likeness (QED) is 0.928. The van der Waals surface area contributed by atoms with Crippen LogP contribution in [0.1, 0.15) is 34.6 Å². The summed E-state index contributed by atoms with van der Waals surface area (Å²) in [4.78, 5) is 34.6. The highest BCUT2D eigenvalue weighted by Crippen LogP contribution is 2.21. The Morgan fingerprint density at radius 3 is 2.36 bits per heavy atom. The molecule has 1 fully saturated rings. The predicted molar refractivity (Wildman–Crippen MR) is 94.8 cm³/mol. The molecule has 0 radical (unpaired) electrons. The monoisotopic (exact) mass is 338 g/mol. The molecule has 1 aliphatic rings. The second kappa shape index (κ2) is 7.01. The number of carbonyl (C=O) groups excluding carboxylic acids is 2. The lowest BCUT2D eigenvalue weighted by atomic mass is 9.97. The third kappa shape index (κ3) is 3.84. The maximum Gasteiger partial charge on any atom is 0.253 e. The summed E-state index contributed by atoms with van der Waals surface area (Å²) in [5.41, 5.74) is 8.68. The number of nitrogens with two attached hydrogens (primary N) is 1. The van der Waals surface area contributed by atoms with Crippen LogP contribution in [0.15, 0.2) is 30.3 Å². The zero-order valence-corrected chi connectivity index (χ0v) is 14.5. The van der Waals surface area contributed by atoms with E-state index in [4.69, 9.17) is 5.73 Å². The van der Waals surface area contributed by atoms with Gasteiger partial charge in [-0.2, -0.15) is 0 Å².